The van der Waals surface area contributed by atoms with Gasteiger partial charge >= 0.3 is 0 Å². The second-order valence-corrected chi connectivity index (χ2v) is 6.35. The van der Waals surface area contributed by atoms with E-state index in [9.17, 15) is 9.59 Å². The van der Waals surface area contributed by atoms with Gasteiger partial charge in [0.25, 0.3) is 11.1 Å². The molecule has 4 nitrogen and oxygen atoms in total. The van der Waals surface area contributed by atoms with Crippen LogP contribution < -0.4 is 4.74 Å². The zero-order valence-electron chi connectivity index (χ0n) is 11.1. The van der Waals surface area contributed by atoms with E-state index in [0.717, 1.165) is 16.7 Å². The highest BCUT2D eigenvalue weighted by molar-refractivity contribution is 9.10. The van der Waals surface area contributed by atoms with Crippen LogP contribution in [-0.4, -0.2) is 29.7 Å². The fourth-order valence-electron chi connectivity index (χ4n) is 1.80. The number of carbonyl (C=O) groups excluding carboxylic acids is 2. The predicted molar refractivity (Wildman–Crippen MR) is 88.6 cm³/mol. The number of thioether (sulfide) groups is 1. The summed E-state index contributed by atoms with van der Waals surface area (Å²) in [7, 11) is 1.52. The number of benzene rings is 1. The van der Waals surface area contributed by atoms with Gasteiger partial charge in [0.05, 0.1) is 21.5 Å². The Labute approximate surface area is 139 Å². The molecule has 2 amide bonds. The molecule has 0 unspecified atom stereocenters. The first-order chi connectivity index (χ1) is 9.97. The lowest BCUT2D eigenvalue weighted by atomic mass is 10.2. The molecule has 1 heterocycles. The third kappa shape index (κ3) is 3.33. The molecule has 110 valence electrons. The van der Waals surface area contributed by atoms with Crippen molar-refractivity contribution in [3.05, 3.63) is 44.8 Å². The molecule has 0 aromatic heterocycles. The van der Waals surface area contributed by atoms with E-state index in [1.165, 1.54) is 13.2 Å². The Kier molecular flexibility index (Phi) is 5.13. The lowest BCUT2D eigenvalue weighted by Crippen LogP contribution is -2.27. The van der Waals surface area contributed by atoms with Crippen molar-refractivity contribution in [3.63, 3.8) is 0 Å². The van der Waals surface area contributed by atoms with Crippen molar-refractivity contribution in [1.82, 2.24) is 4.90 Å². The highest BCUT2D eigenvalue weighted by atomic mass is 79.9. The smallest absolute Gasteiger partial charge is 0.293 e. The topological polar surface area (TPSA) is 46.6 Å². The van der Waals surface area contributed by atoms with E-state index in [1.54, 1.807) is 18.2 Å². The third-order valence-electron chi connectivity index (χ3n) is 2.71. The number of amides is 2. The summed E-state index contributed by atoms with van der Waals surface area (Å²) in [5, 5.41) is 0.119. The Morgan fingerprint density at radius 1 is 1.48 bits per heavy atom. The van der Waals surface area contributed by atoms with Crippen LogP contribution >= 0.6 is 39.3 Å². The number of nitrogens with zero attached hydrogens (tertiary/aromatic N) is 1. The first kappa shape index (κ1) is 16.1. The molecule has 0 saturated carbocycles. The number of hydrogen-bond acceptors (Lipinski definition) is 4. The maximum Gasteiger partial charge on any atom is 0.293 e. The van der Waals surface area contributed by atoms with Crippen molar-refractivity contribution in [3.8, 4) is 5.75 Å². The summed E-state index contributed by atoms with van der Waals surface area (Å²) in [6.07, 6.45) is 3.14. The molecule has 7 heteroatoms. The van der Waals surface area contributed by atoms with Gasteiger partial charge in [-0.05, 0) is 51.5 Å². The summed E-state index contributed by atoms with van der Waals surface area (Å²) in [4.78, 5) is 25.3. The van der Waals surface area contributed by atoms with Gasteiger partial charge in [-0.3, -0.25) is 14.5 Å². The fraction of sp³-hybridized carbons (Fsp3) is 0.143. The minimum absolute atomic E-state index is 0.203. The van der Waals surface area contributed by atoms with Gasteiger partial charge in [0.15, 0.2) is 5.75 Å². The number of methoxy groups -OCH3 is 1. The lowest BCUT2D eigenvalue weighted by Gasteiger charge is -2.08. The van der Waals surface area contributed by atoms with Crippen molar-refractivity contribution in [2.45, 2.75) is 0 Å². The number of ether oxygens (including phenoxy) is 1. The summed E-state index contributed by atoms with van der Waals surface area (Å²) in [6.45, 7) is 3.74. The highest BCUT2D eigenvalue weighted by Crippen LogP contribution is 2.37. The molecule has 0 N–H and O–H groups in total. The molecule has 0 atom stereocenters. The summed E-state index contributed by atoms with van der Waals surface area (Å²) >= 11 is 10.3. The van der Waals surface area contributed by atoms with Gasteiger partial charge in [-0.1, -0.05) is 17.7 Å². The Bertz CT molecular complexity index is 637. The molecule has 2 rings (SSSR count). The predicted octanol–water partition coefficient (Wildman–Crippen LogP) is 4.33. The van der Waals surface area contributed by atoms with Crippen molar-refractivity contribution in [2.75, 3.05) is 13.7 Å². The van der Waals surface area contributed by atoms with Gasteiger partial charge in [0, 0.05) is 6.54 Å². The quantitative estimate of drug-likeness (QED) is 0.569. The number of halogens is 2. The molecular weight excluding hydrogens is 378 g/mol. The van der Waals surface area contributed by atoms with Crippen LogP contribution in [0.3, 0.4) is 0 Å². The number of rotatable bonds is 4. The zero-order valence-corrected chi connectivity index (χ0v) is 14.2. The van der Waals surface area contributed by atoms with Crippen LogP contribution in [0.25, 0.3) is 6.08 Å². The van der Waals surface area contributed by atoms with E-state index >= 15 is 0 Å². The molecule has 0 bridgehead atoms. The Balaban J connectivity index is 2.35. The minimum atomic E-state index is -0.326. The highest BCUT2D eigenvalue weighted by Gasteiger charge is 2.34. The number of hydrogen-bond donors (Lipinski definition) is 0. The number of carbonyl (C=O) groups is 2. The Morgan fingerprint density at radius 3 is 2.76 bits per heavy atom. The van der Waals surface area contributed by atoms with Crippen LogP contribution in [0.2, 0.25) is 5.02 Å². The van der Waals surface area contributed by atoms with E-state index in [2.05, 4.69) is 22.5 Å². The van der Waals surface area contributed by atoms with E-state index in [-0.39, 0.29) is 17.7 Å². The van der Waals surface area contributed by atoms with E-state index in [1.807, 2.05) is 0 Å². The van der Waals surface area contributed by atoms with E-state index in [4.69, 9.17) is 16.3 Å². The van der Waals surface area contributed by atoms with Crippen molar-refractivity contribution in [2.24, 2.45) is 0 Å². The summed E-state index contributed by atoms with van der Waals surface area (Å²) in [5.41, 5.74) is 0.705. The van der Waals surface area contributed by atoms with Crippen LogP contribution in [0.4, 0.5) is 4.79 Å². The van der Waals surface area contributed by atoms with Crippen molar-refractivity contribution < 1.29 is 14.3 Å². The Morgan fingerprint density at radius 2 is 2.19 bits per heavy atom. The molecule has 1 aliphatic rings. The van der Waals surface area contributed by atoms with Crippen LogP contribution in [0.15, 0.2) is 34.2 Å². The van der Waals surface area contributed by atoms with Gasteiger partial charge < -0.3 is 4.74 Å². The molecule has 21 heavy (non-hydrogen) atoms. The molecule has 0 spiro atoms. The average molecular weight is 389 g/mol. The molecular formula is C14H11BrClNO3S. The monoisotopic (exact) mass is 387 g/mol. The molecule has 1 fully saturated rings. The molecule has 0 radical (unpaired) electrons. The van der Waals surface area contributed by atoms with Gasteiger partial charge in [-0.15, -0.1) is 6.58 Å². The summed E-state index contributed by atoms with van der Waals surface area (Å²) in [5.74, 6) is 0.196. The maximum atomic E-state index is 12.1. The van der Waals surface area contributed by atoms with Crippen LogP contribution in [-0.2, 0) is 4.79 Å². The van der Waals surface area contributed by atoms with Crippen molar-refractivity contribution in [1.29, 1.82) is 0 Å². The fourth-order valence-corrected chi connectivity index (χ4v) is 3.70. The molecule has 1 aliphatic heterocycles. The summed E-state index contributed by atoms with van der Waals surface area (Å²) in [6, 6.07) is 3.44. The van der Waals surface area contributed by atoms with Crippen LogP contribution in [0.1, 0.15) is 5.56 Å². The third-order valence-corrected chi connectivity index (χ3v) is 4.48. The van der Waals surface area contributed by atoms with Crippen LogP contribution in [0, 0.1) is 0 Å². The minimum Gasteiger partial charge on any atom is -0.494 e. The second-order valence-electron chi connectivity index (χ2n) is 4.10. The van der Waals surface area contributed by atoms with Gasteiger partial charge in [-0.2, -0.15) is 0 Å². The zero-order chi connectivity index (χ0) is 15.6. The first-order valence-electron chi connectivity index (χ1n) is 5.87. The van der Waals surface area contributed by atoms with Gasteiger partial charge in [0.2, 0.25) is 0 Å². The Hall–Kier alpha value is -1.24. The second kappa shape index (κ2) is 6.68. The molecule has 1 aromatic carbocycles. The standard InChI is InChI=1S/C14H11BrClNO3S/c1-3-4-17-13(18)11(21-14(17)19)7-8-5-9(15)12(20-2)10(16)6-8/h3,5-7H,1,4H2,2H3. The maximum absolute atomic E-state index is 12.1. The summed E-state index contributed by atoms with van der Waals surface area (Å²) < 4.78 is 5.82. The average Bonchev–Trinajstić information content (AvgIpc) is 2.66. The molecule has 1 aromatic rings. The largest absolute Gasteiger partial charge is 0.494 e. The van der Waals surface area contributed by atoms with E-state index in [0.29, 0.717) is 25.7 Å². The van der Waals surface area contributed by atoms with Gasteiger partial charge in [-0.25, -0.2) is 0 Å². The number of imide groups is 1. The first-order valence-corrected chi connectivity index (χ1v) is 7.86. The SMILES string of the molecule is C=CCN1C(=O)SC(=Cc2cc(Cl)c(OC)c(Br)c2)C1=O. The van der Waals surface area contributed by atoms with Crippen molar-refractivity contribution >= 4 is 56.5 Å². The van der Waals surface area contributed by atoms with Gasteiger partial charge in [0.1, 0.15) is 0 Å². The van der Waals surface area contributed by atoms with E-state index < -0.39 is 0 Å². The lowest BCUT2D eigenvalue weighted by molar-refractivity contribution is -0.122. The normalized spacial score (nSPS) is 16.7. The van der Waals surface area contributed by atoms with Crippen LogP contribution in [0.5, 0.6) is 5.75 Å². The molecule has 0 aliphatic carbocycles. The molecule has 1 saturated heterocycles.